The molecule has 0 heterocycles. The number of benzene rings is 2. The van der Waals surface area contributed by atoms with E-state index in [1.54, 1.807) is 7.05 Å². The molecule has 1 atom stereocenters. The van der Waals surface area contributed by atoms with E-state index < -0.39 is 11.7 Å². The Morgan fingerprint density at radius 2 is 1.73 bits per heavy atom. The third-order valence-corrected chi connectivity index (χ3v) is 3.25. The molecule has 0 aliphatic carbocycles. The average molecular weight is 310 g/mol. The number of ether oxygens (including phenoxy) is 1. The van der Waals surface area contributed by atoms with Crippen LogP contribution in [0, 0.1) is 0 Å². The van der Waals surface area contributed by atoms with Crippen LogP contribution in [0.3, 0.4) is 0 Å². The van der Waals surface area contributed by atoms with Gasteiger partial charge in [-0.05, 0) is 43.4 Å². The Morgan fingerprint density at radius 1 is 1.09 bits per heavy atom. The molecule has 0 bridgehead atoms. The third-order valence-electron chi connectivity index (χ3n) is 3.25. The molecule has 0 aromatic heterocycles. The first-order valence-electron chi connectivity index (χ1n) is 7.40. The number of nitrogens with one attached hydrogen (secondary N) is 1. The van der Waals surface area contributed by atoms with Gasteiger partial charge < -0.3 is 10.0 Å². The fourth-order valence-corrected chi connectivity index (χ4v) is 2.09. The lowest BCUT2D eigenvalue weighted by molar-refractivity contribution is -0.137. The fourth-order valence-electron chi connectivity index (χ4n) is 2.09. The van der Waals surface area contributed by atoms with Gasteiger partial charge in [0.05, 0.1) is 5.56 Å². The highest BCUT2D eigenvalue weighted by Gasteiger charge is 2.30. The zero-order valence-electron chi connectivity index (χ0n) is 13.2. The van der Waals surface area contributed by atoms with Gasteiger partial charge in [0.2, 0.25) is 0 Å². The number of hydrogen-bond acceptors (Lipinski definition) is 2. The summed E-state index contributed by atoms with van der Waals surface area (Å²) in [4.78, 5) is 0. The van der Waals surface area contributed by atoms with E-state index in [9.17, 15) is 13.2 Å². The van der Waals surface area contributed by atoms with Crippen molar-refractivity contribution in [3.8, 4) is 5.75 Å². The van der Waals surface area contributed by atoms with Crippen molar-refractivity contribution in [1.29, 1.82) is 0 Å². The Bertz CT molecular complexity index is 599. The van der Waals surface area contributed by atoms with E-state index in [0.29, 0.717) is 18.7 Å². The Balaban J connectivity index is 2.14. The highest BCUT2D eigenvalue weighted by Crippen LogP contribution is 2.31. The molecular formula is C17H18F3NO. The summed E-state index contributed by atoms with van der Waals surface area (Å²) in [5.74, 6) is 0.375. The first-order chi connectivity index (χ1) is 10.9. The molecule has 0 aliphatic heterocycles. The van der Waals surface area contributed by atoms with Gasteiger partial charge in [-0.3, -0.25) is 0 Å². The third kappa shape index (κ3) is 4.49. The molecule has 0 amide bonds. The minimum absolute atomic E-state index is 0.319. The summed E-state index contributed by atoms with van der Waals surface area (Å²) in [5, 5.41) is 1.30. The quantitative estimate of drug-likeness (QED) is 0.852. The molecule has 0 radical (unpaired) electrons. The summed E-state index contributed by atoms with van der Waals surface area (Å²) in [5.41, 5.74) is 0.223. The summed E-state index contributed by atoms with van der Waals surface area (Å²) in [6, 6.07) is 14.1. The highest BCUT2D eigenvalue weighted by molar-refractivity contribution is 5.30. The minimum atomic E-state index is -4.36. The van der Waals surface area contributed by atoms with Crippen LogP contribution in [0.1, 0.15) is 23.7 Å². The molecule has 0 saturated carbocycles. The van der Waals surface area contributed by atoms with Crippen LogP contribution in [0.2, 0.25) is 1.41 Å². The molecule has 2 rings (SSSR count). The Morgan fingerprint density at radius 3 is 2.27 bits per heavy atom. The molecule has 0 aliphatic rings. The normalized spacial score (nSPS) is 13.8. The Kier molecular flexibility index (Phi) is 4.96. The molecule has 22 heavy (non-hydrogen) atoms. The van der Waals surface area contributed by atoms with Crippen molar-refractivity contribution in [3.63, 3.8) is 0 Å². The molecule has 1 N–H and O–H groups in total. The van der Waals surface area contributed by atoms with Crippen LogP contribution in [0.5, 0.6) is 5.75 Å². The zero-order valence-corrected chi connectivity index (χ0v) is 12.2. The molecule has 0 fully saturated rings. The number of rotatable bonds is 6. The standard InChI is InChI=1S/C17H18F3NO/c1-21-12-11-16(13-5-3-2-4-6-13)22-15-9-7-14(8-10-15)17(18,19)20/h2-10,16,21H,11-12H2,1H3/i/hD. The monoisotopic (exact) mass is 310 g/mol. The number of hydrogen-bond donors (Lipinski definition) is 1. The molecule has 1 unspecified atom stereocenters. The molecule has 2 nitrogen and oxygen atoms in total. The molecule has 0 spiro atoms. The van der Waals surface area contributed by atoms with Crippen molar-refractivity contribution >= 4 is 0 Å². The smallest absolute Gasteiger partial charge is 0.416 e. The SMILES string of the molecule is [2H]N(C)CCC(Oc1ccc(C(F)(F)F)cc1)c1ccccc1. The van der Waals surface area contributed by atoms with Crippen molar-refractivity contribution in [3.05, 3.63) is 65.7 Å². The second kappa shape index (κ2) is 7.31. The maximum absolute atomic E-state index is 12.6. The highest BCUT2D eigenvalue weighted by atomic mass is 19.4. The van der Waals surface area contributed by atoms with Crippen molar-refractivity contribution in [2.75, 3.05) is 13.6 Å². The van der Waals surface area contributed by atoms with Crippen LogP contribution < -0.4 is 10.0 Å². The maximum atomic E-state index is 12.6. The van der Waals surface area contributed by atoms with Gasteiger partial charge in [0.1, 0.15) is 13.3 Å². The lowest BCUT2D eigenvalue weighted by atomic mass is 10.1. The number of alkyl halides is 3. The Labute approximate surface area is 129 Å². The second-order valence-electron chi connectivity index (χ2n) is 4.87. The average Bonchev–Trinajstić information content (AvgIpc) is 2.51. The lowest BCUT2D eigenvalue weighted by Gasteiger charge is -2.20. The van der Waals surface area contributed by atoms with E-state index in [0.717, 1.165) is 17.7 Å². The summed E-state index contributed by atoms with van der Waals surface area (Å²) in [7, 11) is 1.64. The van der Waals surface area contributed by atoms with Gasteiger partial charge >= 0.3 is 6.18 Å². The summed E-state index contributed by atoms with van der Waals surface area (Å²) in [6.07, 6.45) is -4.11. The molecule has 5 heteroatoms. The van der Waals surface area contributed by atoms with Crippen LogP contribution in [0.4, 0.5) is 13.2 Å². The molecular weight excluding hydrogens is 291 g/mol. The van der Waals surface area contributed by atoms with Crippen molar-refractivity contribution in [2.24, 2.45) is 0 Å². The van der Waals surface area contributed by atoms with E-state index in [2.05, 4.69) is 0 Å². The van der Waals surface area contributed by atoms with Crippen molar-refractivity contribution < 1.29 is 19.3 Å². The zero-order chi connectivity index (χ0) is 16.9. The van der Waals surface area contributed by atoms with E-state index >= 15 is 0 Å². The summed E-state index contributed by atoms with van der Waals surface area (Å²) < 4.78 is 51.1. The topological polar surface area (TPSA) is 21.3 Å². The van der Waals surface area contributed by atoms with Crippen LogP contribution in [0.25, 0.3) is 0 Å². The minimum Gasteiger partial charge on any atom is -0.486 e. The van der Waals surface area contributed by atoms with Crippen LogP contribution in [-0.2, 0) is 6.18 Å². The van der Waals surface area contributed by atoms with Gasteiger partial charge in [-0.25, -0.2) is 0 Å². The Hall–Kier alpha value is -2.01. The van der Waals surface area contributed by atoms with Crippen molar-refractivity contribution in [2.45, 2.75) is 18.7 Å². The van der Waals surface area contributed by atoms with E-state index in [4.69, 9.17) is 6.15 Å². The maximum Gasteiger partial charge on any atom is 0.416 e. The van der Waals surface area contributed by atoms with Gasteiger partial charge in [-0.1, -0.05) is 30.3 Å². The van der Waals surface area contributed by atoms with Crippen molar-refractivity contribution in [1.82, 2.24) is 5.31 Å². The molecule has 118 valence electrons. The van der Waals surface area contributed by atoms with E-state index in [1.165, 1.54) is 17.4 Å². The van der Waals surface area contributed by atoms with Gasteiger partial charge in [0.15, 0.2) is 0 Å². The largest absolute Gasteiger partial charge is 0.486 e. The van der Waals surface area contributed by atoms with Crippen LogP contribution in [-0.4, -0.2) is 13.6 Å². The summed E-state index contributed by atoms with van der Waals surface area (Å²) in [6.45, 7) is 0.486. The predicted octanol–water partition coefficient (Wildman–Crippen LogP) is 4.44. The first-order valence-corrected chi connectivity index (χ1v) is 6.95. The van der Waals surface area contributed by atoms with Gasteiger partial charge in [0.25, 0.3) is 0 Å². The predicted molar refractivity (Wildman–Crippen MR) is 79.8 cm³/mol. The van der Waals surface area contributed by atoms with Gasteiger partial charge in [-0.2, -0.15) is 13.2 Å². The van der Waals surface area contributed by atoms with E-state index in [1.807, 2.05) is 30.3 Å². The molecule has 2 aromatic carbocycles. The molecule has 0 saturated heterocycles. The summed E-state index contributed by atoms with van der Waals surface area (Å²) >= 11 is 0. The van der Waals surface area contributed by atoms with E-state index in [-0.39, 0.29) is 6.10 Å². The molecule has 2 aromatic rings. The lowest BCUT2D eigenvalue weighted by Crippen LogP contribution is -2.16. The second-order valence-corrected chi connectivity index (χ2v) is 4.87. The van der Waals surface area contributed by atoms with Crippen LogP contribution >= 0.6 is 0 Å². The number of halogens is 3. The van der Waals surface area contributed by atoms with Gasteiger partial charge in [0, 0.05) is 6.42 Å². The first kappa shape index (κ1) is 14.9. The van der Waals surface area contributed by atoms with Crippen LogP contribution in [0.15, 0.2) is 54.6 Å². The fraction of sp³-hybridized carbons (Fsp3) is 0.294. The van der Waals surface area contributed by atoms with Gasteiger partial charge in [-0.15, -0.1) is 0 Å².